The van der Waals surface area contributed by atoms with Gasteiger partial charge in [0, 0.05) is 26.8 Å². The van der Waals surface area contributed by atoms with E-state index in [4.69, 9.17) is 13.9 Å². The van der Waals surface area contributed by atoms with Crippen LogP contribution < -0.4 is 10.6 Å². The third-order valence-electron chi connectivity index (χ3n) is 3.80. The number of methoxy groups -OCH3 is 1. The fourth-order valence-corrected chi connectivity index (χ4v) is 2.45. The van der Waals surface area contributed by atoms with Gasteiger partial charge in [0.1, 0.15) is 18.5 Å². The van der Waals surface area contributed by atoms with Crippen LogP contribution in [0, 0.1) is 0 Å². The Balaban J connectivity index is 1.71. The summed E-state index contributed by atoms with van der Waals surface area (Å²) in [7, 11) is 1.71. The van der Waals surface area contributed by atoms with Crippen LogP contribution in [-0.4, -0.2) is 39.3 Å². The highest BCUT2D eigenvalue weighted by Gasteiger charge is 2.09. The first kappa shape index (κ1) is 20.0. The first-order valence-electron chi connectivity index (χ1n) is 9.03. The van der Waals surface area contributed by atoms with Crippen molar-refractivity contribution in [2.45, 2.75) is 26.1 Å². The Morgan fingerprint density at radius 2 is 2.00 bits per heavy atom. The molecule has 6 nitrogen and oxygen atoms in total. The maximum atomic E-state index is 5.58. The molecule has 0 amide bonds. The SMILES string of the molecule is CCNC(=NCC(OC)c1ccccc1)NCCCOCc1ccco1. The van der Waals surface area contributed by atoms with E-state index in [9.17, 15) is 0 Å². The molecule has 0 saturated heterocycles. The fourth-order valence-electron chi connectivity index (χ4n) is 2.45. The van der Waals surface area contributed by atoms with E-state index in [0.717, 1.165) is 36.8 Å². The molecule has 1 atom stereocenters. The average Bonchev–Trinajstić information content (AvgIpc) is 3.19. The minimum Gasteiger partial charge on any atom is -0.467 e. The molecule has 2 N–H and O–H groups in total. The van der Waals surface area contributed by atoms with E-state index in [0.29, 0.717) is 19.8 Å². The Labute approximate surface area is 155 Å². The maximum absolute atomic E-state index is 5.58. The van der Waals surface area contributed by atoms with Crippen LogP contribution in [0.15, 0.2) is 58.1 Å². The van der Waals surface area contributed by atoms with E-state index in [1.165, 1.54) is 0 Å². The summed E-state index contributed by atoms with van der Waals surface area (Å²) < 4.78 is 16.4. The number of furan rings is 1. The van der Waals surface area contributed by atoms with Crippen molar-refractivity contribution in [3.63, 3.8) is 0 Å². The number of hydrogen-bond acceptors (Lipinski definition) is 4. The number of nitrogens with zero attached hydrogens (tertiary/aromatic N) is 1. The van der Waals surface area contributed by atoms with E-state index in [-0.39, 0.29) is 6.10 Å². The summed E-state index contributed by atoms with van der Waals surface area (Å²) in [6, 6.07) is 13.9. The lowest BCUT2D eigenvalue weighted by Crippen LogP contribution is -2.38. The Morgan fingerprint density at radius 1 is 1.15 bits per heavy atom. The fraction of sp³-hybridized carbons (Fsp3) is 0.450. The van der Waals surface area contributed by atoms with E-state index < -0.39 is 0 Å². The highest BCUT2D eigenvalue weighted by atomic mass is 16.5. The molecule has 2 rings (SSSR count). The Hall–Kier alpha value is -2.31. The number of rotatable bonds is 11. The molecular weight excluding hydrogens is 330 g/mol. The lowest BCUT2D eigenvalue weighted by molar-refractivity contribution is 0.104. The second kappa shape index (κ2) is 12.1. The molecular formula is C20H29N3O3. The van der Waals surface area contributed by atoms with Gasteiger partial charge in [-0.2, -0.15) is 0 Å². The average molecular weight is 359 g/mol. The second-order valence-electron chi connectivity index (χ2n) is 5.77. The standard InChI is InChI=1S/C20H29N3O3/c1-3-21-20(22-12-8-13-25-16-18-11-7-14-26-18)23-15-19(24-2)17-9-5-4-6-10-17/h4-7,9-11,14,19H,3,8,12-13,15-16H2,1-2H3,(H2,21,22,23). The van der Waals surface area contributed by atoms with Crippen LogP contribution in [0.1, 0.15) is 30.8 Å². The van der Waals surface area contributed by atoms with E-state index >= 15 is 0 Å². The quantitative estimate of drug-likeness (QED) is 0.366. The van der Waals surface area contributed by atoms with Crippen molar-refractivity contribution in [3.05, 3.63) is 60.1 Å². The van der Waals surface area contributed by atoms with Gasteiger partial charge in [-0.15, -0.1) is 0 Å². The predicted molar refractivity (Wildman–Crippen MR) is 103 cm³/mol. The molecule has 0 aliphatic rings. The highest BCUT2D eigenvalue weighted by Crippen LogP contribution is 2.16. The maximum Gasteiger partial charge on any atom is 0.191 e. The molecule has 0 fully saturated rings. The van der Waals surface area contributed by atoms with Gasteiger partial charge in [-0.1, -0.05) is 30.3 Å². The number of benzene rings is 1. The van der Waals surface area contributed by atoms with Gasteiger partial charge in [0.25, 0.3) is 0 Å². The van der Waals surface area contributed by atoms with Crippen LogP contribution in [0.4, 0.5) is 0 Å². The molecule has 0 aliphatic heterocycles. The summed E-state index contributed by atoms with van der Waals surface area (Å²) in [5.74, 6) is 1.64. The van der Waals surface area contributed by atoms with Crippen LogP contribution in [0.25, 0.3) is 0 Å². The van der Waals surface area contributed by atoms with Crippen molar-refractivity contribution in [3.8, 4) is 0 Å². The number of ether oxygens (including phenoxy) is 2. The lowest BCUT2D eigenvalue weighted by atomic mass is 10.1. The summed E-state index contributed by atoms with van der Waals surface area (Å²) in [6.45, 7) is 5.38. The summed E-state index contributed by atoms with van der Waals surface area (Å²) in [6.07, 6.45) is 2.49. The topological polar surface area (TPSA) is 68.0 Å². The molecule has 26 heavy (non-hydrogen) atoms. The third-order valence-corrected chi connectivity index (χ3v) is 3.80. The molecule has 142 valence electrons. The van der Waals surface area contributed by atoms with Crippen LogP contribution >= 0.6 is 0 Å². The van der Waals surface area contributed by atoms with Crippen molar-refractivity contribution in [1.29, 1.82) is 0 Å². The number of aliphatic imine (C=N–C) groups is 1. The van der Waals surface area contributed by atoms with Gasteiger partial charge in [0.15, 0.2) is 5.96 Å². The normalized spacial score (nSPS) is 12.8. The molecule has 0 radical (unpaired) electrons. The molecule has 6 heteroatoms. The molecule has 1 aromatic carbocycles. The van der Waals surface area contributed by atoms with Gasteiger partial charge < -0.3 is 24.5 Å². The van der Waals surface area contributed by atoms with Crippen LogP contribution in [0.3, 0.4) is 0 Å². The van der Waals surface area contributed by atoms with Gasteiger partial charge in [-0.3, -0.25) is 4.99 Å². The van der Waals surface area contributed by atoms with Crippen molar-refractivity contribution in [2.24, 2.45) is 4.99 Å². The minimum atomic E-state index is -0.0525. The molecule has 1 aromatic heterocycles. The smallest absolute Gasteiger partial charge is 0.191 e. The van der Waals surface area contributed by atoms with E-state index in [2.05, 4.69) is 34.7 Å². The zero-order chi connectivity index (χ0) is 18.5. The minimum absolute atomic E-state index is 0.0525. The van der Waals surface area contributed by atoms with Crippen molar-refractivity contribution in [1.82, 2.24) is 10.6 Å². The first-order valence-corrected chi connectivity index (χ1v) is 9.03. The van der Waals surface area contributed by atoms with Gasteiger partial charge in [-0.05, 0) is 31.0 Å². The van der Waals surface area contributed by atoms with Crippen molar-refractivity contribution >= 4 is 5.96 Å². The van der Waals surface area contributed by atoms with Gasteiger partial charge >= 0.3 is 0 Å². The highest BCUT2D eigenvalue weighted by molar-refractivity contribution is 5.79. The third kappa shape index (κ3) is 7.29. The Morgan fingerprint density at radius 3 is 2.69 bits per heavy atom. The van der Waals surface area contributed by atoms with E-state index in [1.54, 1.807) is 13.4 Å². The zero-order valence-electron chi connectivity index (χ0n) is 15.6. The van der Waals surface area contributed by atoms with Crippen LogP contribution in [0.5, 0.6) is 0 Å². The zero-order valence-corrected chi connectivity index (χ0v) is 15.6. The summed E-state index contributed by atoms with van der Waals surface area (Å²) in [4.78, 5) is 4.63. The van der Waals surface area contributed by atoms with Crippen LogP contribution in [0.2, 0.25) is 0 Å². The monoisotopic (exact) mass is 359 g/mol. The summed E-state index contributed by atoms with van der Waals surface area (Å²) in [5.41, 5.74) is 1.13. The van der Waals surface area contributed by atoms with Crippen molar-refractivity contribution < 1.29 is 13.9 Å². The van der Waals surface area contributed by atoms with Gasteiger partial charge in [0.05, 0.1) is 12.8 Å². The first-order chi connectivity index (χ1) is 12.8. The summed E-state index contributed by atoms with van der Waals surface area (Å²) >= 11 is 0. The van der Waals surface area contributed by atoms with E-state index in [1.807, 2.05) is 30.3 Å². The lowest BCUT2D eigenvalue weighted by Gasteiger charge is -2.16. The molecule has 1 heterocycles. The molecule has 0 aliphatic carbocycles. The van der Waals surface area contributed by atoms with Crippen molar-refractivity contribution in [2.75, 3.05) is 33.4 Å². The number of guanidine groups is 1. The summed E-state index contributed by atoms with van der Waals surface area (Å²) in [5, 5.41) is 6.58. The number of nitrogens with one attached hydrogen (secondary N) is 2. The second-order valence-corrected chi connectivity index (χ2v) is 5.77. The largest absolute Gasteiger partial charge is 0.467 e. The Kier molecular flexibility index (Phi) is 9.32. The molecule has 2 aromatic rings. The molecule has 0 spiro atoms. The Bertz CT molecular complexity index is 614. The number of hydrogen-bond donors (Lipinski definition) is 2. The molecule has 0 saturated carbocycles. The van der Waals surface area contributed by atoms with Gasteiger partial charge in [0.2, 0.25) is 0 Å². The van der Waals surface area contributed by atoms with Gasteiger partial charge in [-0.25, -0.2) is 0 Å². The molecule has 1 unspecified atom stereocenters. The predicted octanol–water partition coefficient (Wildman–Crippen LogP) is 3.13. The van der Waals surface area contributed by atoms with Crippen LogP contribution in [-0.2, 0) is 16.1 Å². The molecule has 0 bridgehead atoms.